The molecule has 1 saturated heterocycles. The first kappa shape index (κ1) is 8.79. The van der Waals surface area contributed by atoms with Crippen LogP contribution in [-0.4, -0.2) is 24.5 Å². The number of likely N-dealkylation sites (tertiary alicyclic amines) is 1. The van der Waals surface area contributed by atoms with Gasteiger partial charge in [-0.15, -0.1) is 0 Å². The molecular weight excluding hydrogens is 134 g/mol. The van der Waals surface area contributed by atoms with Crippen molar-refractivity contribution >= 4 is 0 Å². The van der Waals surface area contributed by atoms with Gasteiger partial charge in [-0.05, 0) is 39.3 Å². The summed E-state index contributed by atoms with van der Waals surface area (Å²) in [6.07, 6.45) is 5.01. The van der Waals surface area contributed by atoms with Crippen LogP contribution in [0.4, 0.5) is 0 Å². The minimum absolute atomic E-state index is 0.755. The highest BCUT2D eigenvalue weighted by Gasteiger charge is 2.16. The van der Waals surface area contributed by atoms with Gasteiger partial charge in [0.25, 0.3) is 0 Å². The Morgan fingerprint density at radius 1 is 1.64 bits per heavy atom. The molecule has 1 atom stereocenters. The first-order valence-electron chi connectivity index (χ1n) is 4.61. The molecule has 1 heteroatoms. The topological polar surface area (TPSA) is 3.24 Å². The Balaban J connectivity index is 2.52. The zero-order valence-electron chi connectivity index (χ0n) is 7.77. The van der Waals surface area contributed by atoms with Gasteiger partial charge in [-0.3, -0.25) is 0 Å². The van der Waals surface area contributed by atoms with E-state index in [9.17, 15) is 0 Å². The van der Waals surface area contributed by atoms with E-state index in [2.05, 4.69) is 25.5 Å². The Kier molecular flexibility index (Phi) is 3.13. The van der Waals surface area contributed by atoms with E-state index in [1.165, 1.54) is 37.8 Å². The van der Waals surface area contributed by atoms with E-state index in [1.54, 1.807) is 0 Å². The molecule has 0 aromatic rings. The fourth-order valence-electron chi connectivity index (χ4n) is 1.81. The van der Waals surface area contributed by atoms with Crippen molar-refractivity contribution in [3.8, 4) is 0 Å². The van der Waals surface area contributed by atoms with Gasteiger partial charge in [-0.1, -0.05) is 19.1 Å². The Bertz CT molecular complexity index is 140. The summed E-state index contributed by atoms with van der Waals surface area (Å²) in [5.74, 6) is 0. The summed E-state index contributed by atoms with van der Waals surface area (Å²) in [5.41, 5.74) is 1.45. The molecule has 0 spiro atoms. The van der Waals surface area contributed by atoms with Crippen molar-refractivity contribution in [3.63, 3.8) is 0 Å². The molecule has 0 aliphatic carbocycles. The minimum atomic E-state index is 0.755. The monoisotopic (exact) mass is 153 g/mol. The Labute approximate surface area is 70.1 Å². The molecule has 1 heterocycles. The van der Waals surface area contributed by atoms with Gasteiger partial charge in [-0.25, -0.2) is 0 Å². The third kappa shape index (κ3) is 2.33. The predicted molar refractivity (Wildman–Crippen MR) is 49.7 cm³/mol. The van der Waals surface area contributed by atoms with Crippen LogP contribution in [-0.2, 0) is 0 Å². The minimum Gasteiger partial charge on any atom is -0.303 e. The molecule has 0 aromatic heterocycles. The lowest BCUT2D eigenvalue weighted by molar-refractivity contribution is 0.246. The van der Waals surface area contributed by atoms with Crippen molar-refractivity contribution < 1.29 is 0 Å². The maximum Gasteiger partial charge on any atom is 0.0127 e. The van der Waals surface area contributed by atoms with Crippen molar-refractivity contribution in [2.45, 2.75) is 38.6 Å². The Morgan fingerprint density at radius 2 is 2.36 bits per heavy atom. The van der Waals surface area contributed by atoms with Crippen LogP contribution in [0.3, 0.4) is 0 Å². The fraction of sp³-hybridized carbons (Fsp3) is 0.800. The summed E-state index contributed by atoms with van der Waals surface area (Å²) in [6, 6.07) is 0.755. The lowest BCUT2D eigenvalue weighted by atomic mass is 10.0. The summed E-state index contributed by atoms with van der Waals surface area (Å²) in [6.45, 7) is 7.59. The first-order valence-corrected chi connectivity index (χ1v) is 4.61. The summed E-state index contributed by atoms with van der Waals surface area (Å²) in [4.78, 5) is 2.47. The average molecular weight is 153 g/mol. The van der Waals surface area contributed by atoms with Crippen LogP contribution >= 0.6 is 0 Å². The van der Waals surface area contributed by atoms with Crippen molar-refractivity contribution in [2.75, 3.05) is 13.6 Å². The molecule has 0 aromatic carbocycles. The van der Waals surface area contributed by atoms with E-state index < -0.39 is 0 Å². The Hall–Kier alpha value is -0.300. The quantitative estimate of drug-likeness (QED) is 0.523. The molecule has 1 unspecified atom stereocenters. The third-order valence-corrected chi connectivity index (χ3v) is 2.66. The largest absolute Gasteiger partial charge is 0.303 e. The highest BCUT2D eigenvalue weighted by Crippen LogP contribution is 2.20. The number of hydrogen-bond acceptors (Lipinski definition) is 1. The molecule has 1 aliphatic rings. The van der Waals surface area contributed by atoms with Gasteiger partial charge in [0, 0.05) is 6.04 Å². The second-order valence-electron chi connectivity index (χ2n) is 3.60. The fourth-order valence-corrected chi connectivity index (χ4v) is 1.81. The van der Waals surface area contributed by atoms with Gasteiger partial charge < -0.3 is 4.90 Å². The van der Waals surface area contributed by atoms with E-state index in [4.69, 9.17) is 0 Å². The van der Waals surface area contributed by atoms with Gasteiger partial charge >= 0.3 is 0 Å². The Morgan fingerprint density at radius 3 is 3.00 bits per heavy atom. The average Bonchev–Trinajstić information content (AvgIpc) is 2.13. The lowest BCUT2D eigenvalue weighted by Crippen LogP contribution is -2.30. The van der Waals surface area contributed by atoms with Gasteiger partial charge in [0.2, 0.25) is 0 Å². The van der Waals surface area contributed by atoms with Crippen LogP contribution < -0.4 is 0 Å². The van der Waals surface area contributed by atoms with Crippen LogP contribution in [0.25, 0.3) is 0 Å². The summed E-state index contributed by atoms with van der Waals surface area (Å²) >= 11 is 0. The highest BCUT2D eigenvalue weighted by atomic mass is 15.1. The predicted octanol–water partition coefficient (Wildman–Crippen LogP) is 2.44. The summed E-state index contributed by atoms with van der Waals surface area (Å²) in [5, 5.41) is 0. The first-order chi connectivity index (χ1) is 5.24. The van der Waals surface area contributed by atoms with E-state index in [0.29, 0.717) is 0 Å². The maximum atomic E-state index is 4.08. The molecule has 0 radical (unpaired) electrons. The van der Waals surface area contributed by atoms with Crippen LogP contribution in [0.1, 0.15) is 32.6 Å². The van der Waals surface area contributed by atoms with Crippen molar-refractivity contribution in [3.05, 3.63) is 12.2 Å². The zero-order chi connectivity index (χ0) is 8.27. The number of hydrogen-bond donors (Lipinski definition) is 0. The van der Waals surface area contributed by atoms with Gasteiger partial charge in [0.1, 0.15) is 0 Å². The number of rotatable bonds is 1. The zero-order valence-corrected chi connectivity index (χ0v) is 7.77. The highest BCUT2D eigenvalue weighted by molar-refractivity contribution is 4.99. The van der Waals surface area contributed by atoms with Crippen LogP contribution in [0.15, 0.2) is 12.2 Å². The van der Waals surface area contributed by atoms with Crippen LogP contribution in [0.5, 0.6) is 0 Å². The van der Waals surface area contributed by atoms with E-state index in [1.807, 2.05) is 0 Å². The molecule has 0 saturated carbocycles. The second kappa shape index (κ2) is 3.91. The molecule has 1 aliphatic heterocycles. The standard InChI is InChI=1S/C10H19N/c1-4-10-8-9(2)6-5-7-11(10)3/h10H,2,4-8H2,1,3H3. The molecule has 1 nitrogen and oxygen atoms in total. The lowest BCUT2D eigenvalue weighted by Gasteiger charge is -2.24. The van der Waals surface area contributed by atoms with Crippen molar-refractivity contribution in [1.82, 2.24) is 4.90 Å². The summed E-state index contributed by atoms with van der Waals surface area (Å²) < 4.78 is 0. The molecule has 11 heavy (non-hydrogen) atoms. The van der Waals surface area contributed by atoms with Gasteiger partial charge in [-0.2, -0.15) is 0 Å². The smallest absolute Gasteiger partial charge is 0.0127 e. The maximum absolute atomic E-state index is 4.08. The summed E-state index contributed by atoms with van der Waals surface area (Å²) in [7, 11) is 2.23. The molecule has 0 amide bonds. The molecule has 1 rings (SSSR count). The normalized spacial score (nSPS) is 28.5. The second-order valence-corrected chi connectivity index (χ2v) is 3.60. The van der Waals surface area contributed by atoms with Crippen molar-refractivity contribution in [2.24, 2.45) is 0 Å². The van der Waals surface area contributed by atoms with E-state index in [0.717, 1.165) is 6.04 Å². The molecule has 1 fully saturated rings. The van der Waals surface area contributed by atoms with Gasteiger partial charge in [0.15, 0.2) is 0 Å². The van der Waals surface area contributed by atoms with Crippen LogP contribution in [0.2, 0.25) is 0 Å². The van der Waals surface area contributed by atoms with E-state index in [-0.39, 0.29) is 0 Å². The molecule has 0 bridgehead atoms. The van der Waals surface area contributed by atoms with Crippen molar-refractivity contribution in [1.29, 1.82) is 0 Å². The molecular formula is C10H19N. The van der Waals surface area contributed by atoms with Gasteiger partial charge in [0.05, 0.1) is 0 Å². The SMILES string of the molecule is C=C1CCCN(C)C(CC)C1. The number of nitrogens with zero attached hydrogens (tertiary/aromatic N) is 1. The van der Waals surface area contributed by atoms with E-state index >= 15 is 0 Å². The molecule has 64 valence electrons. The molecule has 0 N–H and O–H groups in total. The third-order valence-electron chi connectivity index (χ3n) is 2.66. The van der Waals surface area contributed by atoms with Crippen LogP contribution in [0, 0.1) is 0 Å².